The first-order chi connectivity index (χ1) is 6.54. The quantitative estimate of drug-likeness (QED) is 0.713. The van der Waals surface area contributed by atoms with Gasteiger partial charge in [-0.1, -0.05) is 13.3 Å². The molecule has 2 fully saturated rings. The van der Waals surface area contributed by atoms with E-state index in [0.717, 1.165) is 12.8 Å². The van der Waals surface area contributed by atoms with Gasteiger partial charge in [0.15, 0.2) is 0 Å². The Morgan fingerprint density at radius 1 is 1.21 bits per heavy atom. The van der Waals surface area contributed by atoms with E-state index in [4.69, 9.17) is 0 Å². The summed E-state index contributed by atoms with van der Waals surface area (Å²) in [6, 6.07) is 0. The summed E-state index contributed by atoms with van der Waals surface area (Å²) in [6.45, 7) is 4.42. The van der Waals surface area contributed by atoms with Crippen molar-refractivity contribution >= 4 is 17.5 Å². The van der Waals surface area contributed by atoms with Crippen molar-refractivity contribution in [3.8, 4) is 0 Å². The molecule has 0 radical (unpaired) electrons. The minimum absolute atomic E-state index is 0.0292. The zero-order valence-corrected chi connectivity index (χ0v) is 10.1. The number of hydrogen-bond donors (Lipinski definition) is 0. The second kappa shape index (κ2) is 3.55. The Balaban J connectivity index is 1.94. The maximum absolute atomic E-state index is 12.2. The van der Waals surface area contributed by atoms with Crippen LogP contribution in [0.3, 0.4) is 0 Å². The predicted molar refractivity (Wildman–Crippen MR) is 61.7 cm³/mol. The Labute approximate surface area is 91.0 Å². The van der Waals surface area contributed by atoms with Crippen LogP contribution in [0.2, 0.25) is 0 Å². The van der Waals surface area contributed by atoms with Gasteiger partial charge in [-0.25, -0.2) is 0 Å². The molecule has 0 aromatic heterocycles. The van der Waals surface area contributed by atoms with Gasteiger partial charge in [0.05, 0.1) is 4.75 Å². The summed E-state index contributed by atoms with van der Waals surface area (Å²) in [5.74, 6) is 1.70. The molecule has 1 heterocycles. The highest BCUT2D eigenvalue weighted by atomic mass is 32.2. The van der Waals surface area contributed by atoms with Gasteiger partial charge in [-0.3, -0.25) is 4.79 Å². The topological polar surface area (TPSA) is 17.1 Å². The van der Waals surface area contributed by atoms with Crippen LogP contribution in [0.15, 0.2) is 0 Å². The van der Waals surface area contributed by atoms with Crippen molar-refractivity contribution in [1.29, 1.82) is 0 Å². The van der Waals surface area contributed by atoms with Crippen LogP contribution >= 0.6 is 11.8 Å². The minimum atomic E-state index is -0.0292. The predicted octanol–water partition coefficient (Wildman–Crippen LogP) is 3.42. The summed E-state index contributed by atoms with van der Waals surface area (Å²) in [5.41, 5.74) is 0.364. The fourth-order valence-electron chi connectivity index (χ4n) is 2.53. The maximum Gasteiger partial charge on any atom is 0.149 e. The first-order valence-electron chi connectivity index (χ1n) is 5.71. The zero-order valence-electron chi connectivity index (χ0n) is 9.27. The number of carbonyl (C=O) groups is 1. The molecule has 0 N–H and O–H groups in total. The lowest BCUT2D eigenvalue weighted by atomic mass is 9.66. The average molecular weight is 212 g/mol. The van der Waals surface area contributed by atoms with Crippen LogP contribution in [0.25, 0.3) is 0 Å². The highest BCUT2D eigenvalue weighted by Crippen LogP contribution is 2.47. The summed E-state index contributed by atoms with van der Waals surface area (Å²) < 4.78 is -0.0292. The van der Waals surface area contributed by atoms with E-state index in [2.05, 4.69) is 13.8 Å². The molecule has 0 aromatic rings. The summed E-state index contributed by atoms with van der Waals surface area (Å²) in [5, 5.41) is 0. The molecule has 1 saturated carbocycles. The number of Topliss-reactive ketones (excluding diaryl/α,β-unsaturated/α-hetero) is 1. The Kier molecular flexibility index (Phi) is 2.67. The first-order valence-corrected chi connectivity index (χ1v) is 6.70. The van der Waals surface area contributed by atoms with E-state index >= 15 is 0 Å². The first kappa shape index (κ1) is 10.5. The summed E-state index contributed by atoms with van der Waals surface area (Å²) in [4.78, 5) is 12.2. The van der Waals surface area contributed by atoms with Crippen molar-refractivity contribution in [2.45, 2.75) is 57.1 Å². The van der Waals surface area contributed by atoms with E-state index in [-0.39, 0.29) is 4.75 Å². The van der Waals surface area contributed by atoms with Gasteiger partial charge >= 0.3 is 0 Å². The Bertz CT molecular complexity index is 237. The molecule has 1 aliphatic carbocycles. The molecule has 1 aliphatic heterocycles. The van der Waals surface area contributed by atoms with E-state index in [1.807, 2.05) is 11.8 Å². The van der Waals surface area contributed by atoms with Gasteiger partial charge in [-0.2, -0.15) is 0 Å². The van der Waals surface area contributed by atoms with E-state index in [1.54, 1.807) is 0 Å². The van der Waals surface area contributed by atoms with Gasteiger partial charge in [0.25, 0.3) is 0 Å². The molecular formula is C12H20OS. The van der Waals surface area contributed by atoms with Crippen LogP contribution < -0.4 is 0 Å². The third-order valence-electron chi connectivity index (χ3n) is 3.96. The summed E-state index contributed by atoms with van der Waals surface area (Å²) >= 11 is 1.88. The fourth-order valence-corrected chi connectivity index (χ4v) is 3.79. The number of carbonyl (C=O) groups excluding carboxylic acids is 1. The molecule has 1 atom stereocenters. The Morgan fingerprint density at radius 2 is 1.93 bits per heavy atom. The molecule has 1 saturated heterocycles. The van der Waals surface area contributed by atoms with Gasteiger partial charge < -0.3 is 0 Å². The monoisotopic (exact) mass is 212 g/mol. The second-order valence-electron chi connectivity index (χ2n) is 5.45. The molecule has 2 heteroatoms. The highest BCUT2D eigenvalue weighted by molar-refractivity contribution is 8.01. The molecule has 0 aromatic carbocycles. The average Bonchev–Trinajstić information content (AvgIpc) is 2.51. The number of rotatable bonds is 3. The fraction of sp³-hybridized carbons (Fsp3) is 0.917. The van der Waals surface area contributed by atoms with Crippen molar-refractivity contribution < 1.29 is 4.79 Å². The van der Waals surface area contributed by atoms with Crippen LogP contribution in [0.5, 0.6) is 0 Å². The van der Waals surface area contributed by atoms with E-state index in [0.29, 0.717) is 11.2 Å². The van der Waals surface area contributed by atoms with Crippen molar-refractivity contribution in [1.82, 2.24) is 0 Å². The summed E-state index contributed by atoms with van der Waals surface area (Å²) in [7, 11) is 0. The molecular weight excluding hydrogens is 192 g/mol. The molecule has 14 heavy (non-hydrogen) atoms. The molecule has 1 nitrogen and oxygen atoms in total. The smallest absolute Gasteiger partial charge is 0.149 e. The number of hydrogen-bond acceptors (Lipinski definition) is 2. The van der Waals surface area contributed by atoms with Crippen LogP contribution in [0.4, 0.5) is 0 Å². The van der Waals surface area contributed by atoms with Gasteiger partial charge in [-0.05, 0) is 43.8 Å². The SMILES string of the molecule is CC1(CC(=O)C2(C)CCCS2)CCC1. The maximum atomic E-state index is 12.2. The third kappa shape index (κ3) is 1.86. The van der Waals surface area contributed by atoms with E-state index < -0.39 is 0 Å². The lowest BCUT2D eigenvalue weighted by molar-refractivity contribution is -0.124. The Hall–Kier alpha value is 0.0200. The zero-order chi connectivity index (χ0) is 10.2. The van der Waals surface area contributed by atoms with Crippen LogP contribution in [0.1, 0.15) is 52.4 Å². The van der Waals surface area contributed by atoms with Gasteiger partial charge in [-0.15, -0.1) is 11.8 Å². The highest BCUT2D eigenvalue weighted by Gasteiger charge is 2.42. The lowest BCUT2D eigenvalue weighted by Gasteiger charge is -2.39. The van der Waals surface area contributed by atoms with Crippen LogP contribution in [-0.2, 0) is 4.79 Å². The van der Waals surface area contributed by atoms with Crippen LogP contribution in [-0.4, -0.2) is 16.3 Å². The normalized spacial score (nSPS) is 35.3. The molecule has 0 spiro atoms. The largest absolute Gasteiger partial charge is 0.298 e. The van der Waals surface area contributed by atoms with Gasteiger partial charge in [0.1, 0.15) is 5.78 Å². The molecule has 0 amide bonds. The Morgan fingerprint density at radius 3 is 2.36 bits per heavy atom. The summed E-state index contributed by atoms with van der Waals surface area (Å²) in [6.07, 6.45) is 7.01. The van der Waals surface area contributed by atoms with Crippen LogP contribution in [0, 0.1) is 5.41 Å². The number of thioether (sulfide) groups is 1. The molecule has 0 bridgehead atoms. The molecule has 2 aliphatic rings. The van der Waals surface area contributed by atoms with Gasteiger partial charge in [0, 0.05) is 6.42 Å². The van der Waals surface area contributed by atoms with Crippen molar-refractivity contribution in [2.75, 3.05) is 5.75 Å². The second-order valence-corrected chi connectivity index (χ2v) is 7.05. The minimum Gasteiger partial charge on any atom is -0.298 e. The standard InChI is InChI=1S/C12H20OS/c1-11(5-3-6-11)9-10(13)12(2)7-4-8-14-12/h3-9H2,1-2H3. The molecule has 2 rings (SSSR count). The van der Waals surface area contributed by atoms with Gasteiger partial charge in [0.2, 0.25) is 0 Å². The molecule has 80 valence electrons. The van der Waals surface area contributed by atoms with E-state index in [9.17, 15) is 4.79 Å². The molecule has 1 unspecified atom stereocenters. The third-order valence-corrected chi connectivity index (χ3v) is 5.52. The van der Waals surface area contributed by atoms with Crippen molar-refractivity contribution in [2.24, 2.45) is 5.41 Å². The lowest BCUT2D eigenvalue weighted by Crippen LogP contribution is -2.36. The van der Waals surface area contributed by atoms with Crippen molar-refractivity contribution in [3.05, 3.63) is 0 Å². The van der Waals surface area contributed by atoms with E-state index in [1.165, 1.54) is 31.4 Å². The van der Waals surface area contributed by atoms with Crippen molar-refractivity contribution in [3.63, 3.8) is 0 Å². The number of ketones is 1.